The van der Waals surface area contributed by atoms with Crippen molar-refractivity contribution in [3.63, 3.8) is 0 Å². The molecule has 1 aliphatic rings. The SMILES string of the molecule is CS(=O)(=O)OC1(O)Cc2ccccc2C1.[NaH]. The van der Waals surface area contributed by atoms with Crippen molar-refractivity contribution < 1.29 is 17.7 Å². The van der Waals surface area contributed by atoms with E-state index in [-0.39, 0.29) is 42.4 Å². The second-order valence-corrected chi connectivity index (χ2v) is 5.43. The molecule has 0 bridgehead atoms. The first-order chi connectivity index (χ1) is 6.88. The van der Waals surface area contributed by atoms with Gasteiger partial charge in [-0.25, -0.2) is 4.18 Å². The Hall–Kier alpha value is 0.0900. The molecule has 6 heteroatoms. The molecule has 0 aromatic heterocycles. The van der Waals surface area contributed by atoms with E-state index < -0.39 is 15.9 Å². The van der Waals surface area contributed by atoms with Gasteiger partial charge in [0.25, 0.3) is 10.1 Å². The molecule has 0 radical (unpaired) electrons. The van der Waals surface area contributed by atoms with Crippen LogP contribution in [0.4, 0.5) is 0 Å². The average Bonchev–Trinajstić information content (AvgIpc) is 2.35. The maximum absolute atomic E-state index is 11.0. The maximum atomic E-state index is 11.0. The summed E-state index contributed by atoms with van der Waals surface area (Å²) >= 11 is 0. The standard InChI is InChI=1S/C10H12O4S.Na.H/c1-15(12,13)14-10(11)6-8-4-2-3-5-9(8)7-10;;/h2-5,11H,6-7H2,1H3;;. The minimum atomic E-state index is -3.63. The molecule has 1 N–H and O–H groups in total. The third kappa shape index (κ3) is 3.29. The first-order valence-corrected chi connectivity index (χ1v) is 6.39. The summed E-state index contributed by atoms with van der Waals surface area (Å²) in [5.41, 5.74) is 1.87. The molecule has 0 saturated carbocycles. The Morgan fingerprint density at radius 2 is 1.69 bits per heavy atom. The van der Waals surface area contributed by atoms with Crippen LogP contribution >= 0.6 is 0 Å². The molecule has 0 heterocycles. The molecule has 0 fully saturated rings. The molecule has 4 nitrogen and oxygen atoms in total. The van der Waals surface area contributed by atoms with Crippen LogP contribution in [0.3, 0.4) is 0 Å². The summed E-state index contributed by atoms with van der Waals surface area (Å²) < 4.78 is 26.6. The number of rotatable bonds is 2. The predicted molar refractivity (Wildman–Crippen MR) is 61.9 cm³/mol. The average molecular weight is 252 g/mol. The Bertz CT molecular complexity index is 458. The number of benzene rings is 1. The van der Waals surface area contributed by atoms with Gasteiger partial charge in [-0.1, -0.05) is 24.3 Å². The van der Waals surface area contributed by atoms with Gasteiger partial charge in [0.1, 0.15) is 0 Å². The molecule has 0 aliphatic heterocycles. The van der Waals surface area contributed by atoms with Gasteiger partial charge in [0.05, 0.1) is 6.26 Å². The molecule has 1 aliphatic carbocycles. The van der Waals surface area contributed by atoms with Gasteiger partial charge in [0.2, 0.25) is 0 Å². The van der Waals surface area contributed by atoms with Gasteiger partial charge in [-0.15, -0.1) is 0 Å². The van der Waals surface area contributed by atoms with E-state index in [1.54, 1.807) is 0 Å². The normalized spacial score (nSPS) is 17.6. The second-order valence-electron chi connectivity index (χ2n) is 3.86. The third-order valence-corrected chi connectivity index (χ3v) is 2.97. The van der Waals surface area contributed by atoms with Gasteiger partial charge in [0.15, 0.2) is 5.79 Å². The summed E-state index contributed by atoms with van der Waals surface area (Å²) in [7, 11) is -3.63. The molecule has 0 saturated heterocycles. The van der Waals surface area contributed by atoms with E-state index in [0.29, 0.717) is 0 Å². The van der Waals surface area contributed by atoms with E-state index in [0.717, 1.165) is 17.4 Å². The van der Waals surface area contributed by atoms with E-state index in [4.69, 9.17) is 4.18 Å². The fourth-order valence-corrected chi connectivity index (χ4v) is 2.58. The van der Waals surface area contributed by atoms with Crippen LogP contribution in [0.2, 0.25) is 0 Å². The number of aliphatic hydroxyl groups is 1. The van der Waals surface area contributed by atoms with Gasteiger partial charge >= 0.3 is 29.6 Å². The number of fused-ring (bicyclic) bond motifs is 1. The molecular formula is C10H13NaO4S. The summed E-state index contributed by atoms with van der Waals surface area (Å²) in [5.74, 6) is -1.60. The Morgan fingerprint density at radius 1 is 1.25 bits per heavy atom. The van der Waals surface area contributed by atoms with Crippen LogP contribution in [0, 0.1) is 0 Å². The molecule has 84 valence electrons. The molecule has 0 unspecified atom stereocenters. The van der Waals surface area contributed by atoms with Crippen molar-refractivity contribution in [2.75, 3.05) is 6.26 Å². The monoisotopic (exact) mass is 252 g/mol. The summed E-state index contributed by atoms with van der Waals surface area (Å²) in [4.78, 5) is 0. The number of hydrogen-bond acceptors (Lipinski definition) is 4. The Labute approximate surface area is 117 Å². The quantitative estimate of drug-likeness (QED) is 0.450. The van der Waals surface area contributed by atoms with Crippen LogP contribution in [0.25, 0.3) is 0 Å². The van der Waals surface area contributed by atoms with E-state index in [1.807, 2.05) is 24.3 Å². The summed E-state index contributed by atoms with van der Waals surface area (Å²) in [6, 6.07) is 7.42. The zero-order chi connectivity index (χ0) is 11.1. The van der Waals surface area contributed by atoms with Crippen molar-refractivity contribution >= 4 is 39.7 Å². The van der Waals surface area contributed by atoms with Gasteiger partial charge in [-0.3, -0.25) is 0 Å². The fourth-order valence-electron chi connectivity index (χ4n) is 1.90. The Kier molecular flexibility index (Phi) is 4.21. The van der Waals surface area contributed by atoms with E-state index >= 15 is 0 Å². The second kappa shape index (κ2) is 4.76. The first-order valence-electron chi connectivity index (χ1n) is 4.58. The van der Waals surface area contributed by atoms with Crippen molar-refractivity contribution in [3.05, 3.63) is 35.4 Å². The van der Waals surface area contributed by atoms with Crippen LogP contribution in [-0.2, 0) is 27.1 Å². The first kappa shape index (κ1) is 14.2. The van der Waals surface area contributed by atoms with Crippen LogP contribution in [0.5, 0.6) is 0 Å². The summed E-state index contributed by atoms with van der Waals surface area (Å²) in [6.45, 7) is 0. The summed E-state index contributed by atoms with van der Waals surface area (Å²) in [5, 5.41) is 9.95. The zero-order valence-corrected chi connectivity index (χ0v) is 9.12. The van der Waals surface area contributed by atoms with Crippen LogP contribution < -0.4 is 0 Å². The van der Waals surface area contributed by atoms with Gasteiger partial charge < -0.3 is 5.11 Å². The molecule has 1 aromatic carbocycles. The van der Waals surface area contributed by atoms with Crippen molar-refractivity contribution in [2.24, 2.45) is 0 Å². The van der Waals surface area contributed by atoms with Crippen LogP contribution in [0.15, 0.2) is 24.3 Å². The third-order valence-electron chi connectivity index (χ3n) is 2.36. The Morgan fingerprint density at radius 3 is 2.06 bits per heavy atom. The van der Waals surface area contributed by atoms with E-state index in [1.165, 1.54) is 0 Å². The molecule has 0 amide bonds. The molecule has 2 rings (SSSR count). The van der Waals surface area contributed by atoms with Crippen molar-refractivity contribution in [1.29, 1.82) is 0 Å². The molecule has 16 heavy (non-hydrogen) atoms. The van der Waals surface area contributed by atoms with Gasteiger partial charge in [0, 0.05) is 12.8 Å². The summed E-state index contributed by atoms with van der Waals surface area (Å²) in [6.07, 6.45) is 1.38. The molecular weight excluding hydrogens is 239 g/mol. The Balaban J connectivity index is 0.00000128. The van der Waals surface area contributed by atoms with Crippen LogP contribution in [0.1, 0.15) is 11.1 Å². The minimum absolute atomic E-state index is 0. The van der Waals surface area contributed by atoms with E-state index in [2.05, 4.69) is 0 Å². The van der Waals surface area contributed by atoms with Crippen molar-refractivity contribution in [1.82, 2.24) is 0 Å². The molecule has 0 spiro atoms. The van der Waals surface area contributed by atoms with Crippen molar-refractivity contribution in [3.8, 4) is 0 Å². The zero-order valence-electron chi connectivity index (χ0n) is 8.30. The van der Waals surface area contributed by atoms with E-state index in [9.17, 15) is 13.5 Å². The number of hydrogen-bond donors (Lipinski definition) is 1. The molecule has 0 atom stereocenters. The van der Waals surface area contributed by atoms with Gasteiger partial charge in [-0.2, -0.15) is 8.42 Å². The molecule has 1 aromatic rings. The van der Waals surface area contributed by atoms with Gasteiger partial charge in [-0.05, 0) is 11.1 Å². The predicted octanol–water partition coefficient (Wildman–Crippen LogP) is -0.199. The van der Waals surface area contributed by atoms with Crippen LogP contribution in [-0.4, -0.2) is 55.1 Å². The topological polar surface area (TPSA) is 63.6 Å². The van der Waals surface area contributed by atoms with Crippen molar-refractivity contribution in [2.45, 2.75) is 18.6 Å². The fraction of sp³-hybridized carbons (Fsp3) is 0.400.